The number of carbonyl (C=O) groups is 2. The molecule has 2 aliphatic rings. The Bertz CT molecular complexity index is 742. The van der Waals surface area contributed by atoms with Crippen molar-refractivity contribution < 1.29 is 19.4 Å². The highest BCUT2D eigenvalue weighted by Crippen LogP contribution is 2.23. The fourth-order valence-corrected chi connectivity index (χ4v) is 4.37. The zero-order chi connectivity index (χ0) is 22.4. The number of carbonyl (C=O) groups excluding carboxylic acids is 2. The number of piperidine rings is 1. The molecular formula is C24H37N3O4. The zero-order valence-electron chi connectivity index (χ0n) is 19.1. The maximum atomic E-state index is 12.7. The molecule has 0 aliphatic carbocycles. The lowest BCUT2D eigenvalue weighted by molar-refractivity contribution is -0.150. The summed E-state index contributed by atoms with van der Waals surface area (Å²) in [4.78, 5) is 28.6. The second kappa shape index (κ2) is 10.5. The summed E-state index contributed by atoms with van der Waals surface area (Å²) in [7, 11) is 1.37. The number of benzene rings is 1. The van der Waals surface area contributed by atoms with Crippen LogP contribution in [0.3, 0.4) is 0 Å². The third-order valence-corrected chi connectivity index (χ3v) is 6.50. The van der Waals surface area contributed by atoms with Crippen LogP contribution >= 0.6 is 0 Å². The first-order chi connectivity index (χ1) is 14.8. The highest BCUT2D eigenvalue weighted by atomic mass is 16.5. The van der Waals surface area contributed by atoms with Crippen LogP contribution in [0.15, 0.2) is 24.3 Å². The molecule has 0 aromatic heterocycles. The molecule has 0 radical (unpaired) electrons. The molecule has 0 saturated carbocycles. The van der Waals surface area contributed by atoms with Gasteiger partial charge in [-0.1, -0.05) is 26.0 Å². The highest BCUT2D eigenvalue weighted by Gasteiger charge is 2.34. The van der Waals surface area contributed by atoms with E-state index >= 15 is 0 Å². The average Bonchev–Trinajstić information content (AvgIpc) is 3.28. The topological polar surface area (TPSA) is 82.1 Å². The molecule has 0 bridgehead atoms. The molecule has 1 aromatic rings. The number of amides is 1. The van der Waals surface area contributed by atoms with Gasteiger partial charge in [0.25, 0.3) is 0 Å². The second-order valence-corrected chi connectivity index (χ2v) is 9.58. The molecule has 1 atom stereocenters. The van der Waals surface area contributed by atoms with E-state index in [9.17, 15) is 14.7 Å². The van der Waals surface area contributed by atoms with Crippen molar-refractivity contribution in [2.45, 2.75) is 58.0 Å². The molecular weight excluding hydrogens is 394 g/mol. The van der Waals surface area contributed by atoms with Crippen LogP contribution in [0.4, 0.5) is 5.69 Å². The molecule has 3 rings (SSSR count). The Kier molecular flexibility index (Phi) is 7.94. The number of nitrogens with one attached hydrogen (secondary N) is 1. The number of nitrogens with zero attached hydrogens (tertiary/aromatic N) is 2. The van der Waals surface area contributed by atoms with E-state index in [4.69, 9.17) is 4.74 Å². The van der Waals surface area contributed by atoms with Crippen molar-refractivity contribution in [1.82, 2.24) is 10.2 Å². The first kappa shape index (κ1) is 23.5. The minimum atomic E-state index is -0.436. The molecule has 2 N–H and O–H groups in total. The van der Waals surface area contributed by atoms with E-state index in [-0.39, 0.29) is 23.9 Å². The van der Waals surface area contributed by atoms with Crippen molar-refractivity contribution in [3.8, 4) is 0 Å². The Hall–Kier alpha value is -2.12. The second-order valence-electron chi connectivity index (χ2n) is 9.58. The number of methoxy groups -OCH3 is 1. The fraction of sp³-hybridized carbons (Fsp3) is 0.667. The van der Waals surface area contributed by atoms with Crippen LogP contribution in [0.2, 0.25) is 0 Å². The average molecular weight is 432 g/mol. The van der Waals surface area contributed by atoms with Crippen molar-refractivity contribution in [2.75, 3.05) is 44.8 Å². The number of ether oxygens (including phenoxy) is 1. The van der Waals surface area contributed by atoms with E-state index in [0.717, 1.165) is 44.5 Å². The number of rotatable bonds is 8. The van der Waals surface area contributed by atoms with E-state index in [1.165, 1.54) is 12.8 Å². The molecule has 31 heavy (non-hydrogen) atoms. The largest absolute Gasteiger partial charge is 0.467 e. The first-order valence-corrected chi connectivity index (χ1v) is 11.4. The van der Waals surface area contributed by atoms with Gasteiger partial charge in [-0.2, -0.15) is 0 Å². The summed E-state index contributed by atoms with van der Waals surface area (Å²) in [6.45, 7) is 7.75. The van der Waals surface area contributed by atoms with E-state index in [0.29, 0.717) is 25.4 Å². The minimum Gasteiger partial charge on any atom is -0.467 e. The smallest absolute Gasteiger partial charge is 0.328 e. The lowest BCUT2D eigenvalue weighted by Gasteiger charge is -2.35. The molecule has 0 spiro atoms. The first-order valence-electron chi connectivity index (χ1n) is 11.4. The third-order valence-electron chi connectivity index (χ3n) is 6.50. The fourth-order valence-electron chi connectivity index (χ4n) is 4.37. The number of anilines is 1. The van der Waals surface area contributed by atoms with Crippen molar-refractivity contribution in [3.05, 3.63) is 29.8 Å². The van der Waals surface area contributed by atoms with Gasteiger partial charge in [0.15, 0.2) is 0 Å². The Balaban J connectivity index is 1.48. The lowest BCUT2D eigenvalue weighted by Crippen LogP contribution is -2.45. The quantitative estimate of drug-likeness (QED) is 0.613. The Morgan fingerprint density at radius 3 is 2.42 bits per heavy atom. The standard InChI is InChI=1S/C24H37N3O4/c1-24(2,17-28)16-25-19-10-13-26(14-11-19)20-8-6-18(7-9-20)15-22(29)27-12-4-5-21(27)23(30)31-3/h6-9,19,21,25,28H,4-5,10-17H2,1-3H3/t21-/m0/s1. The molecule has 1 amide bonds. The number of likely N-dealkylation sites (tertiary alicyclic amines) is 1. The summed E-state index contributed by atoms with van der Waals surface area (Å²) in [6.07, 6.45) is 3.98. The molecule has 2 fully saturated rings. The summed E-state index contributed by atoms with van der Waals surface area (Å²) in [5.41, 5.74) is 2.06. The summed E-state index contributed by atoms with van der Waals surface area (Å²) < 4.78 is 4.84. The Morgan fingerprint density at radius 2 is 1.81 bits per heavy atom. The van der Waals surface area contributed by atoms with Gasteiger partial charge in [0.2, 0.25) is 5.91 Å². The highest BCUT2D eigenvalue weighted by molar-refractivity contribution is 5.86. The van der Waals surface area contributed by atoms with Gasteiger partial charge < -0.3 is 25.0 Å². The summed E-state index contributed by atoms with van der Waals surface area (Å²) in [5, 5.41) is 13.0. The molecule has 2 aliphatic heterocycles. The van der Waals surface area contributed by atoms with Crippen LogP contribution in [-0.4, -0.2) is 73.9 Å². The molecule has 172 valence electrons. The van der Waals surface area contributed by atoms with Gasteiger partial charge in [0.05, 0.1) is 13.5 Å². The minimum absolute atomic E-state index is 0.0154. The molecule has 7 nitrogen and oxygen atoms in total. The number of esters is 1. The monoisotopic (exact) mass is 431 g/mol. The van der Waals surface area contributed by atoms with Crippen LogP contribution in [0.25, 0.3) is 0 Å². The summed E-state index contributed by atoms with van der Waals surface area (Å²) >= 11 is 0. The van der Waals surface area contributed by atoms with Crippen LogP contribution < -0.4 is 10.2 Å². The predicted molar refractivity (Wildman–Crippen MR) is 121 cm³/mol. The summed E-state index contributed by atoms with van der Waals surface area (Å²) in [5.74, 6) is -0.336. The van der Waals surface area contributed by atoms with Gasteiger partial charge in [0, 0.05) is 49.9 Å². The zero-order valence-corrected chi connectivity index (χ0v) is 19.1. The SMILES string of the molecule is COC(=O)[C@@H]1CCCN1C(=O)Cc1ccc(N2CCC(NCC(C)(C)CO)CC2)cc1. The van der Waals surface area contributed by atoms with Crippen LogP contribution in [-0.2, 0) is 20.7 Å². The maximum absolute atomic E-state index is 12.7. The molecule has 7 heteroatoms. The van der Waals surface area contributed by atoms with E-state index in [1.807, 2.05) is 12.1 Å². The van der Waals surface area contributed by atoms with E-state index in [2.05, 4.69) is 36.2 Å². The van der Waals surface area contributed by atoms with Gasteiger partial charge in [-0.15, -0.1) is 0 Å². The van der Waals surface area contributed by atoms with Gasteiger partial charge in [0.1, 0.15) is 6.04 Å². The van der Waals surface area contributed by atoms with E-state index < -0.39 is 6.04 Å². The molecule has 2 heterocycles. The van der Waals surface area contributed by atoms with Gasteiger partial charge in [-0.25, -0.2) is 4.79 Å². The van der Waals surface area contributed by atoms with Gasteiger partial charge in [-0.05, 0) is 43.4 Å². The normalized spacial score (nSPS) is 20.2. The molecule has 2 saturated heterocycles. The number of hydrogen-bond donors (Lipinski definition) is 2. The summed E-state index contributed by atoms with van der Waals surface area (Å²) in [6, 6.07) is 8.27. The predicted octanol–water partition coefficient (Wildman–Crippen LogP) is 1.97. The lowest BCUT2D eigenvalue weighted by atomic mass is 9.93. The van der Waals surface area contributed by atoms with Crippen LogP contribution in [0, 0.1) is 5.41 Å². The van der Waals surface area contributed by atoms with Crippen molar-refractivity contribution in [2.24, 2.45) is 5.41 Å². The van der Waals surface area contributed by atoms with Gasteiger partial charge >= 0.3 is 5.97 Å². The third kappa shape index (κ3) is 6.20. The number of aliphatic hydroxyl groups excluding tert-OH is 1. The number of aliphatic hydroxyl groups is 1. The Morgan fingerprint density at radius 1 is 1.13 bits per heavy atom. The maximum Gasteiger partial charge on any atom is 0.328 e. The Labute approximate surface area is 185 Å². The van der Waals surface area contributed by atoms with Gasteiger partial charge in [-0.3, -0.25) is 4.79 Å². The van der Waals surface area contributed by atoms with Crippen LogP contribution in [0.5, 0.6) is 0 Å². The van der Waals surface area contributed by atoms with Crippen molar-refractivity contribution in [1.29, 1.82) is 0 Å². The van der Waals surface area contributed by atoms with Crippen molar-refractivity contribution in [3.63, 3.8) is 0 Å². The molecule has 1 aromatic carbocycles. The van der Waals surface area contributed by atoms with Crippen LogP contribution in [0.1, 0.15) is 45.1 Å². The van der Waals surface area contributed by atoms with E-state index in [1.54, 1.807) is 4.90 Å². The molecule has 0 unspecified atom stereocenters. The van der Waals surface area contributed by atoms with Crippen molar-refractivity contribution >= 4 is 17.6 Å². The number of hydrogen-bond acceptors (Lipinski definition) is 6.